The van der Waals surface area contributed by atoms with Crippen LogP contribution in [0, 0.1) is 11.8 Å². The number of hydrogen-bond donors (Lipinski definition) is 1. The van der Waals surface area contributed by atoms with Crippen LogP contribution in [-0.4, -0.2) is 16.7 Å². The fraction of sp³-hybridized carbons (Fsp3) is 0.818. The minimum Gasteiger partial charge on any atom is -0.424 e. The maximum atomic E-state index is 5.65. The Bertz CT molecular complexity index is 339. The van der Waals surface area contributed by atoms with Crippen LogP contribution in [0.1, 0.15) is 43.9 Å². The first-order valence-electron chi connectivity index (χ1n) is 5.89. The van der Waals surface area contributed by atoms with Crippen molar-refractivity contribution in [2.45, 2.75) is 38.6 Å². The van der Waals surface area contributed by atoms with Crippen molar-refractivity contribution >= 4 is 0 Å². The quantitative estimate of drug-likeness (QED) is 0.816. The molecule has 1 aromatic rings. The lowest BCUT2D eigenvalue weighted by molar-refractivity contribution is 0.395. The first kappa shape index (κ1) is 9.33. The van der Waals surface area contributed by atoms with Crippen molar-refractivity contribution in [3.8, 4) is 0 Å². The highest BCUT2D eigenvalue weighted by Crippen LogP contribution is 2.57. The molecule has 1 N–H and O–H groups in total. The molecule has 0 aliphatic heterocycles. The number of nitrogens with one attached hydrogen (secondary N) is 1. The first-order valence-corrected chi connectivity index (χ1v) is 5.89. The second-order valence-electron chi connectivity index (χ2n) is 4.74. The molecule has 1 heterocycles. The summed E-state index contributed by atoms with van der Waals surface area (Å²) in [4.78, 5) is 0. The van der Waals surface area contributed by atoms with Gasteiger partial charge in [0, 0.05) is 5.92 Å². The van der Waals surface area contributed by atoms with Crippen molar-refractivity contribution in [3.63, 3.8) is 0 Å². The fourth-order valence-corrected chi connectivity index (χ4v) is 2.65. The van der Waals surface area contributed by atoms with Crippen LogP contribution in [-0.2, 0) is 6.54 Å². The van der Waals surface area contributed by atoms with Crippen LogP contribution in [0.5, 0.6) is 0 Å². The molecular formula is C11H17N3O. The Hall–Kier alpha value is -0.900. The molecule has 0 aromatic carbocycles. The fourth-order valence-electron chi connectivity index (χ4n) is 2.65. The molecule has 4 nitrogen and oxygen atoms in total. The van der Waals surface area contributed by atoms with E-state index in [0.29, 0.717) is 12.5 Å². The summed E-state index contributed by atoms with van der Waals surface area (Å²) < 4.78 is 5.65. The molecule has 2 atom stereocenters. The number of rotatable bonds is 4. The number of aromatic nitrogens is 2. The van der Waals surface area contributed by atoms with Crippen molar-refractivity contribution in [1.82, 2.24) is 15.5 Å². The largest absolute Gasteiger partial charge is 0.424 e. The van der Waals surface area contributed by atoms with Gasteiger partial charge in [-0.2, -0.15) is 0 Å². The standard InChI is InChI=1S/C11H17N3O/c1-2-12-6-10-13-14-11(15-10)9-4-7-3-8(7)5-9/h7-9,12H,2-6H2,1H3. The van der Waals surface area contributed by atoms with Crippen LogP contribution in [0.4, 0.5) is 0 Å². The van der Waals surface area contributed by atoms with Crippen LogP contribution >= 0.6 is 0 Å². The monoisotopic (exact) mass is 207 g/mol. The number of hydrogen-bond acceptors (Lipinski definition) is 4. The highest BCUT2D eigenvalue weighted by molar-refractivity contribution is 5.06. The van der Waals surface area contributed by atoms with Gasteiger partial charge in [-0.15, -0.1) is 10.2 Å². The van der Waals surface area contributed by atoms with Gasteiger partial charge in [0.1, 0.15) is 0 Å². The van der Waals surface area contributed by atoms with Crippen molar-refractivity contribution in [3.05, 3.63) is 11.8 Å². The zero-order chi connectivity index (χ0) is 10.3. The zero-order valence-corrected chi connectivity index (χ0v) is 9.07. The first-order chi connectivity index (χ1) is 7.36. The lowest BCUT2D eigenvalue weighted by Gasteiger charge is -2.04. The summed E-state index contributed by atoms with van der Waals surface area (Å²) >= 11 is 0. The Kier molecular flexibility index (Phi) is 2.24. The van der Waals surface area contributed by atoms with Crippen LogP contribution in [0.2, 0.25) is 0 Å². The maximum absolute atomic E-state index is 5.65. The SMILES string of the molecule is CCNCc1nnc(C2CC3CC3C2)o1. The molecule has 82 valence electrons. The normalized spacial score (nSPS) is 33.0. The second-order valence-corrected chi connectivity index (χ2v) is 4.74. The van der Waals surface area contributed by atoms with E-state index in [4.69, 9.17) is 4.42 Å². The molecule has 0 amide bonds. The molecule has 2 fully saturated rings. The Morgan fingerprint density at radius 1 is 1.27 bits per heavy atom. The third kappa shape index (κ3) is 1.78. The highest BCUT2D eigenvalue weighted by atomic mass is 16.4. The van der Waals surface area contributed by atoms with E-state index in [2.05, 4.69) is 22.4 Å². The van der Waals surface area contributed by atoms with Gasteiger partial charge in [0.15, 0.2) is 0 Å². The van der Waals surface area contributed by atoms with E-state index >= 15 is 0 Å². The molecule has 2 unspecified atom stereocenters. The number of nitrogens with zero attached hydrogens (tertiary/aromatic N) is 2. The van der Waals surface area contributed by atoms with Gasteiger partial charge in [0.05, 0.1) is 6.54 Å². The molecule has 3 rings (SSSR count). The van der Waals surface area contributed by atoms with Gasteiger partial charge < -0.3 is 9.73 Å². The van der Waals surface area contributed by atoms with Crippen molar-refractivity contribution < 1.29 is 4.42 Å². The third-order valence-electron chi connectivity index (χ3n) is 3.60. The minimum absolute atomic E-state index is 0.552. The van der Waals surface area contributed by atoms with E-state index in [-0.39, 0.29) is 0 Å². The summed E-state index contributed by atoms with van der Waals surface area (Å²) in [6, 6.07) is 0. The summed E-state index contributed by atoms with van der Waals surface area (Å²) in [6.07, 6.45) is 3.98. The zero-order valence-electron chi connectivity index (χ0n) is 9.07. The molecule has 1 aromatic heterocycles. The Labute approximate surface area is 89.5 Å². The summed E-state index contributed by atoms with van der Waals surface area (Å²) in [5, 5.41) is 11.4. The van der Waals surface area contributed by atoms with E-state index in [0.717, 1.165) is 30.2 Å². The summed E-state index contributed by atoms with van der Waals surface area (Å²) in [6.45, 7) is 3.70. The highest BCUT2D eigenvalue weighted by Gasteiger charge is 2.47. The van der Waals surface area contributed by atoms with Gasteiger partial charge in [-0.05, 0) is 37.6 Å². The molecule has 4 heteroatoms. The van der Waals surface area contributed by atoms with Crippen molar-refractivity contribution in [2.24, 2.45) is 11.8 Å². The molecule has 15 heavy (non-hydrogen) atoms. The van der Waals surface area contributed by atoms with Gasteiger partial charge >= 0.3 is 0 Å². The van der Waals surface area contributed by atoms with Crippen LogP contribution in [0.15, 0.2) is 4.42 Å². The van der Waals surface area contributed by atoms with Crippen molar-refractivity contribution in [1.29, 1.82) is 0 Å². The molecule has 0 bridgehead atoms. The van der Waals surface area contributed by atoms with Crippen LogP contribution < -0.4 is 5.32 Å². The molecular weight excluding hydrogens is 190 g/mol. The van der Waals surface area contributed by atoms with E-state index < -0.39 is 0 Å². The van der Waals surface area contributed by atoms with Gasteiger partial charge in [0.25, 0.3) is 0 Å². The van der Waals surface area contributed by atoms with Crippen LogP contribution in [0.25, 0.3) is 0 Å². The average Bonchev–Trinajstić information content (AvgIpc) is 2.71. The molecule has 2 aliphatic carbocycles. The molecule has 0 saturated heterocycles. The van der Waals surface area contributed by atoms with Gasteiger partial charge in [-0.1, -0.05) is 6.92 Å². The van der Waals surface area contributed by atoms with Gasteiger partial charge in [-0.25, -0.2) is 0 Å². The maximum Gasteiger partial charge on any atom is 0.230 e. The lowest BCUT2D eigenvalue weighted by atomic mass is 10.0. The van der Waals surface area contributed by atoms with Gasteiger partial charge in [-0.3, -0.25) is 0 Å². The lowest BCUT2D eigenvalue weighted by Crippen LogP contribution is -2.11. The Morgan fingerprint density at radius 2 is 2.07 bits per heavy atom. The number of fused-ring (bicyclic) bond motifs is 1. The summed E-state index contributed by atoms with van der Waals surface area (Å²) in [5.74, 6) is 4.09. The van der Waals surface area contributed by atoms with E-state index in [9.17, 15) is 0 Å². The summed E-state index contributed by atoms with van der Waals surface area (Å²) in [5.41, 5.74) is 0. The Morgan fingerprint density at radius 3 is 2.80 bits per heavy atom. The predicted molar refractivity (Wildman–Crippen MR) is 55.3 cm³/mol. The Balaban J connectivity index is 1.63. The van der Waals surface area contributed by atoms with Crippen LogP contribution in [0.3, 0.4) is 0 Å². The van der Waals surface area contributed by atoms with Crippen molar-refractivity contribution in [2.75, 3.05) is 6.54 Å². The topological polar surface area (TPSA) is 51.0 Å². The molecule has 0 spiro atoms. The molecule has 2 aliphatic rings. The average molecular weight is 207 g/mol. The third-order valence-corrected chi connectivity index (χ3v) is 3.60. The predicted octanol–water partition coefficient (Wildman–Crippen LogP) is 1.69. The second kappa shape index (κ2) is 3.59. The van der Waals surface area contributed by atoms with Gasteiger partial charge in [0.2, 0.25) is 11.8 Å². The smallest absolute Gasteiger partial charge is 0.230 e. The summed E-state index contributed by atoms with van der Waals surface area (Å²) in [7, 11) is 0. The molecule has 0 radical (unpaired) electrons. The van der Waals surface area contributed by atoms with E-state index in [1.165, 1.54) is 19.3 Å². The van der Waals surface area contributed by atoms with E-state index in [1.54, 1.807) is 0 Å². The minimum atomic E-state index is 0.552. The van der Waals surface area contributed by atoms with E-state index in [1.807, 2.05) is 0 Å². The molecule has 2 saturated carbocycles.